The van der Waals surface area contributed by atoms with Gasteiger partial charge in [0.1, 0.15) is 22.8 Å². The molecular formula is C15H11ClF2N4. The molecule has 0 N–H and O–H groups in total. The van der Waals surface area contributed by atoms with Crippen molar-refractivity contribution in [3.05, 3.63) is 46.0 Å². The van der Waals surface area contributed by atoms with Crippen molar-refractivity contribution in [1.29, 1.82) is 0 Å². The Morgan fingerprint density at radius 3 is 2.32 bits per heavy atom. The first-order valence-electron chi connectivity index (χ1n) is 6.52. The molecule has 7 heteroatoms. The Morgan fingerprint density at radius 2 is 1.59 bits per heavy atom. The molecule has 0 atom stereocenters. The van der Waals surface area contributed by atoms with Gasteiger partial charge in [0.05, 0.1) is 11.4 Å². The fourth-order valence-corrected chi connectivity index (χ4v) is 2.28. The van der Waals surface area contributed by atoms with Crippen LogP contribution in [-0.4, -0.2) is 19.9 Å². The fraction of sp³-hybridized carbons (Fsp3) is 0.200. The van der Waals surface area contributed by atoms with E-state index < -0.39 is 11.6 Å². The molecule has 0 unspecified atom stereocenters. The molecule has 0 aliphatic rings. The van der Waals surface area contributed by atoms with Crippen LogP contribution in [0.4, 0.5) is 8.78 Å². The Kier molecular flexibility index (Phi) is 3.48. The van der Waals surface area contributed by atoms with E-state index in [-0.39, 0.29) is 27.8 Å². The van der Waals surface area contributed by atoms with E-state index in [0.29, 0.717) is 16.9 Å². The monoisotopic (exact) mass is 320 g/mol. The number of halogens is 3. The number of hydrogen-bond donors (Lipinski definition) is 0. The van der Waals surface area contributed by atoms with Gasteiger partial charge in [0, 0.05) is 11.1 Å². The first-order chi connectivity index (χ1) is 10.4. The largest absolute Gasteiger partial charge is 0.246 e. The van der Waals surface area contributed by atoms with Crippen molar-refractivity contribution in [3.63, 3.8) is 0 Å². The Morgan fingerprint density at radius 1 is 0.909 bits per heavy atom. The van der Waals surface area contributed by atoms with Gasteiger partial charge in [-0.15, -0.1) is 0 Å². The predicted molar refractivity (Wildman–Crippen MR) is 79.7 cm³/mol. The van der Waals surface area contributed by atoms with E-state index in [1.165, 1.54) is 19.1 Å². The lowest BCUT2D eigenvalue weighted by atomic mass is 10.1. The highest BCUT2D eigenvalue weighted by Crippen LogP contribution is 2.30. The molecule has 22 heavy (non-hydrogen) atoms. The Hall–Kier alpha value is -2.21. The van der Waals surface area contributed by atoms with E-state index in [0.717, 1.165) is 0 Å². The maximum Gasteiger partial charge on any atom is 0.225 e. The molecule has 2 heterocycles. The molecule has 3 aromatic rings. The second-order valence-corrected chi connectivity index (χ2v) is 5.28. The van der Waals surface area contributed by atoms with Crippen LogP contribution in [0.3, 0.4) is 0 Å². The average Bonchev–Trinajstić information content (AvgIpc) is 2.46. The maximum atomic E-state index is 14.4. The standard InChI is InChI=1S/C15H11ClF2N4/c1-6-10(17)5-4-9(11(6)18)12-13-14(22-15(16)21-12)20-8(3)7(2)19-13/h4-5H,1-3H3. The summed E-state index contributed by atoms with van der Waals surface area (Å²) in [6.45, 7) is 4.94. The molecule has 0 aliphatic carbocycles. The van der Waals surface area contributed by atoms with Crippen molar-refractivity contribution >= 4 is 22.8 Å². The van der Waals surface area contributed by atoms with E-state index in [4.69, 9.17) is 11.6 Å². The van der Waals surface area contributed by atoms with Gasteiger partial charge in [0.2, 0.25) is 5.28 Å². The second kappa shape index (κ2) is 5.21. The van der Waals surface area contributed by atoms with Crippen molar-refractivity contribution in [3.8, 4) is 11.3 Å². The second-order valence-electron chi connectivity index (χ2n) is 4.94. The van der Waals surface area contributed by atoms with Crippen molar-refractivity contribution in [1.82, 2.24) is 19.9 Å². The molecule has 3 rings (SSSR count). The van der Waals surface area contributed by atoms with E-state index in [2.05, 4.69) is 19.9 Å². The van der Waals surface area contributed by atoms with Crippen LogP contribution in [0.15, 0.2) is 12.1 Å². The Labute approximate surface area is 130 Å². The van der Waals surface area contributed by atoms with Crippen LogP contribution in [0.5, 0.6) is 0 Å². The number of hydrogen-bond acceptors (Lipinski definition) is 4. The highest BCUT2D eigenvalue weighted by atomic mass is 35.5. The van der Waals surface area contributed by atoms with Gasteiger partial charge in [-0.1, -0.05) is 0 Å². The van der Waals surface area contributed by atoms with Gasteiger partial charge in [-0.25, -0.2) is 23.7 Å². The number of aryl methyl sites for hydroxylation is 2. The Bertz CT molecular complexity index is 912. The molecule has 0 amide bonds. The smallest absolute Gasteiger partial charge is 0.225 e. The minimum Gasteiger partial charge on any atom is -0.246 e. The topological polar surface area (TPSA) is 51.6 Å². The molecule has 0 aliphatic heterocycles. The number of benzene rings is 1. The SMILES string of the molecule is Cc1nc2nc(Cl)nc(-c3ccc(F)c(C)c3F)c2nc1C. The summed E-state index contributed by atoms with van der Waals surface area (Å²) >= 11 is 5.90. The van der Waals surface area contributed by atoms with Gasteiger partial charge < -0.3 is 0 Å². The molecule has 0 bridgehead atoms. The number of aromatic nitrogens is 4. The van der Waals surface area contributed by atoms with Crippen LogP contribution in [-0.2, 0) is 0 Å². The first kappa shape index (κ1) is 14.7. The summed E-state index contributed by atoms with van der Waals surface area (Å²) in [4.78, 5) is 16.8. The minimum atomic E-state index is -0.698. The number of nitrogens with zero attached hydrogens (tertiary/aromatic N) is 4. The zero-order valence-corrected chi connectivity index (χ0v) is 12.8. The quantitative estimate of drug-likeness (QED) is 0.637. The van der Waals surface area contributed by atoms with Gasteiger partial charge in [0.25, 0.3) is 0 Å². The molecule has 0 saturated heterocycles. The summed E-state index contributed by atoms with van der Waals surface area (Å²) in [7, 11) is 0. The van der Waals surface area contributed by atoms with Crippen LogP contribution < -0.4 is 0 Å². The molecule has 2 aromatic heterocycles. The molecule has 4 nitrogen and oxygen atoms in total. The molecule has 1 aromatic carbocycles. The van der Waals surface area contributed by atoms with Crippen LogP contribution in [0.2, 0.25) is 5.28 Å². The zero-order valence-electron chi connectivity index (χ0n) is 12.1. The third-order valence-electron chi connectivity index (χ3n) is 3.49. The normalized spacial score (nSPS) is 11.2. The van der Waals surface area contributed by atoms with Gasteiger partial charge in [-0.3, -0.25) is 0 Å². The summed E-state index contributed by atoms with van der Waals surface area (Å²) in [5.41, 5.74) is 2.22. The van der Waals surface area contributed by atoms with Gasteiger partial charge in [0.15, 0.2) is 5.65 Å². The Balaban J connectivity index is 2.40. The van der Waals surface area contributed by atoms with E-state index in [1.54, 1.807) is 13.8 Å². The predicted octanol–water partition coefficient (Wildman–Crippen LogP) is 3.94. The highest BCUT2D eigenvalue weighted by Gasteiger charge is 2.18. The summed E-state index contributed by atoms with van der Waals surface area (Å²) in [5, 5.41) is -0.0681. The lowest BCUT2D eigenvalue weighted by Gasteiger charge is -2.09. The summed E-state index contributed by atoms with van der Waals surface area (Å²) in [5.74, 6) is -1.32. The summed E-state index contributed by atoms with van der Waals surface area (Å²) in [6, 6.07) is 2.50. The molecule has 0 spiro atoms. The van der Waals surface area contributed by atoms with Gasteiger partial charge in [-0.2, -0.15) is 4.98 Å². The minimum absolute atomic E-state index is 0.0681. The van der Waals surface area contributed by atoms with E-state index >= 15 is 0 Å². The van der Waals surface area contributed by atoms with Gasteiger partial charge in [-0.05, 0) is 44.5 Å². The first-order valence-corrected chi connectivity index (χ1v) is 6.89. The third-order valence-corrected chi connectivity index (χ3v) is 3.66. The summed E-state index contributed by atoms with van der Waals surface area (Å²) < 4.78 is 27.9. The van der Waals surface area contributed by atoms with Crippen LogP contribution in [0, 0.1) is 32.4 Å². The highest BCUT2D eigenvalue weighted by molar-refractivity contribution is 6.28. The lowest BCUT2D eigenvalue weighted by Crippen LogP contribution is -2.02. The third kappa shape index (κ3) is 2.29. The van der Waals surface area contributed by atoms with Crippen molar-refractivity contribution in [2.75, 3.05) is 0 Å². The molecular weight excluding hydrogens is 310 g/mol. The van der Waals surface area contributed by atoms with Crippen LogP contribution in [0.1, 0.15) is 17.0 Å². The molecule has 0 radical (unpaired) electrons. The van der Waals surface area contributed by atoms with Gasteiger partial charge >= 0.3 is 0 Å². The average molecular weight is 321 g/mol. The molecule has 0 saturated carbocycles. The lowest BCUT2D eigenvalue weighted by molar-refractivity contribution is 0.570. The molecule has 0 fully saturated rings. The van der Waals surface area contributed by atoms with Crippen LogP contribution in [0.25, 0.3) is 22.4 Å². The van der Waals surface area contributed by atoms with Crippen molar-refractivity contribution in [2.24, 2.45) is 0 Å². The number of fused-ring (bicyclic) bond motifs is 1. The maximum absolute atomic E-state index is 14.4. The van der Waals surface area contributed by atoms with E-state index in [9.17, 15) is 8.78 Å². The van der Waals surface area contributed by atoms with E-state index in [1.807, 2.05) is 0 Å². The summed E-state index contributed by atoms with van der Waals surface area (Å²) in [6.07, 6.45) is 0. The fourth-order valence-electron chi connectivity index (χ4n) is 2.12. The zero-order chi connectivity index (χ0) is 16.0. The van der Waals surface area contributed by atoms with Crippen LogP contribution >= 0.6 is 11.6 Å². The van der Waals surface area contributed by atoms with Crippen molar-refractivity contribution < 1.29 is 8.78 Å². The molecule has 112 valence electrons. The van der Waals surface area contributed by atoms with Crippen molar-refractivity contribution in [2.45, 2.75) is 20.8 Å². The number of rotatable bonds is 1.